The maximum Gasteiger partial charge on any atom is 0.248 e. The van der Waals surface area contributed by atoms with Crippen LogP contribution in [0.4, 0.5) is 5.82 Å². The number of anilines is 1. The van der Waals surface area contributed by atoms with Crippen LogP contribution >= 0.6 is 0 Å². The van der Waals surface area contributed by atoms with Crippen molar-refractivity contribution >= 4 is 11.7 Å². The van der Waals surface area contributed by atoms with E-state index in [4.69, 9.17) is 14.2 Å². The molecule has 1 amide bonds. The Balaban J connectivity index is 1.21. The SMILES string of the molecule is O=C(COCC1COc2ccccc2O1)N1CCCN(c2ccccn2)CC1. The van der Waals surface area contributed by atoms with E-state index in [9.17, 15) is 4.79 Å². The van der Waals surface area contributed by atoms with E-state index in [1.54, 1.807) is 6.20 Å². The van der Waals surface area contributed by atoms with Crippen LogP contribution in [0.15, 0.2) is 48.7 Å². The molecule has 28 heavy (non-hydrogen) atoms. The minimum Gasteiger partial charge on any atom is -0.486 e. The molecule has 1 aromatic carbocycles. The third kappa shape index (κ3) is 4.54. The maximum absolute atomic E-state index is 12.5. The molecule has 1 fully saturated rings. The molecule has 1 saturated heterocycles. The summed E-state index contributed by atoms with van der Waals surface area (Å²) < 4.78 is 17.2. The molecule has 1 aromatic heterocycles. The number of carbonyl (C=O) groups excluding carboxylic acids is 1. The molecule has 0 radical (unpaired) electrons. The van der Waals surface area contributed by atoms with E-state index >= 15 is 0 Å². The van der Waals surface area contributed by atoms with Crippen LogP contribution in [0, 0.1) is 0 Å². The number of carbonyl (C=O) groups is 1. The third-order valence-corrected chi connectivity index (χ3v) is 4.92. The lowest BCUT2D eigenvalue weighted by atomic mass is 10.3. The zero-order valence-corrected chi connectivity index (χ0v) is 15.8. The molecule has 7 heteroatoms. The molecule has 1 unspecified atom stereocenters. The number of hydrogen-bond donors (Lipinski definition) is 0. The molecule has 2 aromatic rings. The highest BCUT2D eigenvalue weighted by molar-refractivity contribution is 5.77. The molecule has 0 saturated carbocycles. The summed E-state index contributed by atoms with van der Waals surface area (Å²) >= 11 is 0. The van der Waals surface area contributed by atoms with Gasteiger partial charge in [0, 0.05) is 32.4 Å². The molecule has 2 aliphatic rings. The van der Waals surface area contributed by atoms with Gasteiger partial charge in [-0.05, 0) is 30.7 Å². The van der Waals surface area contributed by atoms with E-state index in [1.807, 2.05) is 47.4 Å². The second-order valence-corrected chi connectivity index (χ2v) is 6.92. The van der Waals surface area contributed by atoms with Crippen LogP contribution in [0.1, 0.15) is 6.42 Å². The molecular weight excluding hydrogens is 358 g/mol. The van der Waals surface area contributed by atoms with Crippen LogP contribution in [0.25, 0.3) is 0 Å². The first-order valence-electron chi connectivity index (χ1n) is 9.69. The van der Waals surface area contributed by atoms with Gasteiger partial charge in [0.15, 0.2) is 17.6 Å². The van der Waals surface area contributed by atoms with Gasteiger partial charge in [-0.15, -0.1) is 0 Å². The van der Waals surface area contributed by atoms with Gasteiger partial charge >= 0.3 is 0 Å². The lowest BCUT2D eigenvalue weighted by Gasteiger charge is -2.26. The quantitative estimate of drug-likeness (QED) is 0.787. The highest BCUT2D eigenvalue weighted by Crippen LogP contribution is 2.30. The number of amides is 1. The molecule has 0 aliphatic carbocycles. The number of rotatable bonds is 5. The van der Waals surface area contributed by atoms with Crippen molar-refractivity contribution in [2.45, 2.75) is 12.5 Å². The average molecular weight is 383 g/mol. The number of hydrogen-bond acceptors (Lipinski definition) is 6. The van der Waals surface area contributed by atoms with Crippen molar-refractivity contribution in [1.82, 2.24) is 9.88 Å². The number of pyridine rings is 1. The maximum atomic E-state index is 12.5. The third-order valence-electron chi connectivity index (χ3n) is 4.92. The minimum absolute atomic E-state index is 0.0139. The fourth-order valence-electron chi connectivity index (χ4n) is 3.45. The predicted molar refractivity (Wildman–Crippen MR) is 105 cm³/mol. The number of ether oxygens (including phenoxy) is 3. The van der Waals surface area contributed by atoms with E-state index < -0.39 is 0 Å². The zero-order valence-electron chi connectivity index (χ0n) is 15.8. The van der Waals surface area contributed by atoms with Crippen LogP contribution in [0.3, 0.4) is 0 Å². The summed E-state index contributed by atoms with van der Waals surface area (Å²) in [5, 5.41) is 0. The summed E-state index contributed by atoms with van der Waals surface area (Å²) in [6, 6.07) is 13.5. The Morgan fingerprint density at radius 2 is 1.93 bits per heavy atom. The van der Waals surface area contributed by atoms with Crippen LogP contribution in [-0.2, 0) is 9.53 Å². The molecule has 2 aliphatic heterocycles. The van der Waals surface area contributed by atoms with Crippen molar-refractivity contribution in [3.63, 3.8) is 0 Å². The van der Waals surface area contributed by atoms with E-state index in [1.165, 1.54) is 0 Å². The largest absolute Gasteiger partial charge is 0.486 e. The smallest absolute Gasteiger partial charge is 0.248 e. The number of aromatic nitrogens is 1. The number of nitrogens with zero attached hydrogens (tertiary/aromatic N) is 3. The predicted octanol–water partition coefficient (Wildman–Crippen LogP) is 1.98. The van der Waals surface area contributed by atoms with Gasteiger partial charge in [-0.1, -0.05) is 18.2 Å². The van der Waals surface area contributed by atoms with Crippen LogP contribution in [0.2, 0.25) is 0 Å². The van der Waals surface area contributed by atoms with Crippen LogP contribution in [-0.4, -0.2) is 67.9 Å². The summed E-state index contributed by atoms with van der Waals surface area (Å²) in [4.78, 5) is 21.0. The Hall–Kier alpha value is -2.80. The van der Waals surface area contributed by atoms with E-state index in [0.29, 0.717) is 19.8 Å². The molecule has 0 N–H and O–H groups in total. The number of fused-ring (bicyclic) bond motifs is 1. The van der Waals surface area contributed by atoms with Gasteiger partial charge < -0.3 is 24.0 Å². The summed E-state index contributed by atoms with van der Waals surface area (Å²) in [6.07, 6.45) is 2.51. The first-order chi connectivity index (χ1) is 13.8. The average Bonchev–Trinajstić information content (AvgIpc) is 3.01. The topological polar surface area (TPSA) is 64.1 Å². The normalized spacial score (nSPS) is 19.2. The molecule has 3 heterocycles. The molecule has 4 rings (SSSR count). The minimum atomic E-state index is -0.202. The van der Waals surface area contributed by atoms with E-state index in [2.05, 4.69) is 9.88 Å². The van der Waals surface area contributed by atoms with Crippen molar-refractivity contribution in [2.75, 3.05) is 50.9 Å². The highest BCUT2D eigenvalue weighted by Gasteiger charge is 2.23. The molecular formula is C21H25N3O4. The van der Waals surface area contributed by atoms with Gasteiger partial charge in [0.05, 0.1) is 6.61 Å². The molecule has 0 bridgehead atoms. The van der Waals surface area contributed by atoms with Gasteiger partial charge in [-0.25, -0.2) is 4.98 Å². The Morgan fingerprint density at radius 3 is 2.79 bits per heavy atom. The van der Waals surface area contributed by atoms with Crippen molar-refractivity contribution in [1.29, 1.82) is 0 Å². The Labute approximate surface area is 164 Å². The van der Waals surface area contributed by atoms with Crippen molar-refractivity contribution in [2.24, 2.45) is 0 Å². The molecule has 0 spiro atoms. The Morgan fingerprint density at radius 1 is 1.07 bits per heavy atom. The fourth-order valence-corrected chi connectivity index (χ4v) is 3.45. The summed E-state index contributed by atoms with van der Waals surface area (Å²) in [5.74, 6) is 2.44. The van der Waals surface area contributed by atoms with Crippen LogP contribution < -0.4 is 14.4 Å². The van der Waals surface area contributed by atoms with Gasteiger partial charge in [0.1, 0.15) is 19.0 Å². The van der Waals surface area contributed by atoms with Crippen molar-refractivity contribution in [3.8, 4) is 11.5 Å². The number of para-hydroxylation sites is 2. The van der Waals surface area contributed by atoms with Crippen molar-refractivity contribution in [3.05, 3.63) is 48.7 Å². The van der Waals surface area contributed by atoms with Crippen molar-refractivity contribution < 1.29 is 19.0 Å². The molecule has 148 valence electrons. The number of benzene rings is 1. The summed E-state index contributed by atoms with van der Waals surface area (Å²) in [6.45, 7) is 3.90. The monoisotopic (exact) mass is 383 g/mol. The zero-order chi connectivity index (χ0) is 19.2. The molecule has 7 nitrogen and oxygen atoms in total. The van der Waals surface area contributed by atoms with Gasteiger partial charge in [0.25, 0.3) is 0 Å². The van der Waals surface area contributed by atoms with Gasteiger partial charge in [-0.2, -0.15) is 0 Å². The molecule has 1 atom stereocenters. The second kappa shape index (κ2) is 8.93. The first-order valence-corrected chi connectivity index (χ1v) is 9.69. The first kappa shape index (κ1) is 18.6. The summed E-state index contributed by atoms with van der Waals surface area (Å²) in [7, 11) is 0. The van der Waals surface area contributed by atoms with E-state index in [0.717, 1.165) is 43.4 Å². The Bertz CT molecular complexity index is 786. The lowest BCUT2D eigenvalue weighted by Crippen LogP contribution is -2.39. The second-order valence-electron chi connectivity index (χ2n) is 6.92. The summed E-state index contributed by atoms with van der Waals surface area (Å²) in [5.41, 5.74) is 0. The standard InChI is InChI=1S/C21H25N3O4/c25-21(16-26-14-17-15-27-18-6-1-2-7-19(18)28-17)24-11-5-10-23(12-13-24)20-8-3-4-9-22-20/h1-4,6-9,17H,5,10-16H2. The highest BCUT2D eigenvalue weighted by atomic mass is 16.6. The van der Waals surface area contributed by atoms with Gasteiger partial charge in [-0.3, -0.25) is 4.79 Å². The Kier molecular flexibility index (Phi) is 5.92. The van der Waals surface area contributed by atoms with Crippen LogP contribution in [0.5, 0.6) is 11.5 Å². The lowest BCUT2D eigenvalue weighted by molar-refractivity contribution is -0.137. The fraction of sp³-hybridized carbons (Fsp3) is 0.429. The van der Waals surface area contributed by atoms with E-state index in [-0.39, 0.29) is 18.6 Å². The van der Waals surface area contributed by atoms with Gasteiger partial charge in [0.2, 0.25) is 5.91 Å².